The first kappa shape index (κ1) is 21.1. The maximum absolute atomic E-state index is 12.9. The molecule has 6 nitrogen and oxygen atoms in total. The van der Waals surface area contributed by atoms with Gasteiger partial charge < -0.3 is 19.9 Å². The van der Waals surface area contributed by atoms with Crippen molar-refractivity contribution in [2.75, 3.05) is 10.2 Å². The molecule has 0 aliphatic carbocycles. The quantitative estimate of drug-likeness (QED) is 0.424. The average molecular weight is 460 g/mol. The van der Waals surface area contributed by atoms with Gasteiger partial charge in [-0.25, -0.2) is 0 Å². The Bertz CT molecular complexity index is 1360. The summed E-state index contributed by atoms with van der Waals surface area (Å²) in [5.41, 5.74) is 3.95. The number of nitrogens with one attached hydrogen (secondary N) is 2. The van der Waals surface area contributed by atoms with Crippen molar-refractivity contribution >= 4 is 45.7 Å². The van der Waals surface area contributed by atoms with Crippen molar-refractivity contribution < 1.29 is 14.3 Å². The van der Waals surface area contributed by atoms with Gasteiger partial charge in [0.05, 0.1) is 18.7 Å². The van der Waals surface area contributed by atoms with E-state index in [2.05, 4.69) is 10.3 Å². The van der Waals surface area contributed by atoms with Crippen molar-refractivity contribution in [3.8, 4) is 5.75 Å². The van der Waals surface area contributed by atoms with Crippen molar-refractivity contribution in [1.82, 2.24) is 4.98 Å². The Morgan fingerprint density at radius 3 is 2.73 bits per heavy atom. The van der Waals surface area contributed by atoms with Crippen LogP contribution in [0.3, 0.4) is 0 Å². The minimum atomic E-state index is -0.609. The summed E-state index contributed by atoms with van der Waals surface area (Å²) in [5, 5.41) is 4.56. The first-order valence-electron chi connectivity index (χ1n) is 10.7. The molecule has 4 aromatic rings. The summed E-state index contributed by atoms with van der Waals surface area (Å²) in [6.07, 6.45) is 1.48. The van der Waals surface area contributed by atoms with E-state index in [1.807, 2.05) is 48.7 Å². The summed E-state index contributed by atoms with van der Waals surface area (Å²) in [6, 6.07) is 20.6. The number of carbonyl (C=O) groups is 2. The predicted octanol–water partition coefficient (Wildman–Crippen LogP) is 5.32. The first-order valence-corrected chi connectivity index (χ1v) is 11.1. The summed E-state index contributed by atoms with van der Waals surface area (Å²) in [7, 11) is 0. The number of H-pyrrole nitrogens is 1. The van der Waals surface area contributed by atoms with Crippen LogP contribution in [0, 0.1) is 0 Å². The van der Waals surface area contributed by atoms with Gasteiger partial charge in [0, 0.05) is 27.8 Å². The van der Waals surface area contributed by atoms with E-state index < -0.39 is 6.10 Å². The van der Waals surface area contributed by atoms with Crippen LogP contribution in [0.15, 0.2) is 72.9 Å². The normalized spacial score (nSPS) is 15.3. The monoisotopic (exact) mass is 459 g/mol. The zero-order valence-corrected chi connectivity index (χ0v) is 18.7. The highest BCUT2D eigenvalue weighted by Gasteiger charge is 2.32. The van der Waals surface area contributed by atoms with E-state index in [1.54, 1.807) is 36.1 Å². The first-order chi connectivity index (χ1) is 16.0. The lowest BCUT2D eigenvalue weighted by Gasteiger charge is -2.33. The molecule has 2 amide bonds. The highest BCUT2D eigenvalue weighted by atomic mass is 35.5. The lowest BCUT2D eigenvalue weighted by Crippen LogP contribution is -2.44. The summed E-state index contributed by atoms with van der Waals surface area (Å²) in [5.74, 6) is 0.280. The second-order valence-electron chi connectivity index (χ2n) is 8.04. The molecule has 0 fully saturated rings. The molecule has 7 heteroatoms. The Hall–Kier alpha value is -3.77. The van der Waals surface area contributed by atoms with Gasteiger partial charge >= 0.3 is 0 Å². The van der Waals surface area contributed by atoms with Crippen molar-refractivity contribution in [2.45, 2.75) is 26.0 Å². The number of hydrogen-bond donors (Lipinski definition) is 2. The lowest BCUT2D eigenvalue weighted by atomic mass is 10.1. The molecule has 0 spiro atoms. The molecule has 1 aliphatic heterocycles. The third-order valence-corrected chi connectivity index (χ3v) is 6.13. The van der Waals surface area contributed by atoms with Gasteiger partial charge in [0.1, 0.15) is 5.75 Å². The number of fused-ring (bicyclic) bond motifs is 2. The second kappa shape index (κ2) is 8.64. The molecule has 5 rings (SSSR count). The summed E-state index contributed by atoms with van der Waals surface area (Å²) in [6.45, 7) is 2.04. The van der Waals surface area contributed by atoms with Gasteiger partial charge in [-0.1, -0.05) is 48.0 Å². The largest absolute Gasteiger partial charge is 0.479 e. The Labute approximate surface area is 196 Å². The third kappa shape index (κ3) is 4.17. The van der Waals surface area contributed by atoms with Gasteiger partial charge in [0.2, 0.25) is 5.91 Å². The number of hydrogen-bond acceptors (Lipinski definition) is 3. The Kier molecular flexibility index (Phi) is 5.52. The molecule has 166 valence electrons. The number of amides is 2. The highest BCUT2D eigenvalue weighted by molar-refractivity contribution is 6.31. The van der Waals surface area contributed by atoms with Gasteiger partial charge in [0.15, 0.2) is 6.10 Å². The average Bonchev–Trinajstić information content (AvgIpc) is 3.21. The van der Waals surface area contributed by atoms with Crippen LogP contribution in [-0.2, 0) is 22.6 Å². The molecular weight excluding hydrogens is 438 g/mol. The van der Waals surface area contributed by atoms with Crippen LogP contribution in [-0.4, -0.2) is 22.9 Å². The van der Waals surface area contributed by atoms with Crippen LogP contribution in [0.25, 0.3) is 10.9 Å². The number of aromatic nitrogens is 1. The van der Waals surface area contributed by atoms with E-state index in [4.69, 9.17) is 16.3 Å². The Morgan fingerprint density at radius 1 is 1.09 bits per heavy atom. The number of halogens is 1. The smallest absolute Gasteiger partial charge is 0.268 e. The molecule has 1 aromatic heterocycles. The standard InChI is InChI=1S/C26H22ClN3O3/c1-16-26(32)30(15-17-6-2-4-8-21(17)27)23-13-19(10-11-24(23)33-16)29-25(31)12-18-14-28-22-9-5-3-7-20(18)22/h2-11,13-14,16,28H,12,15H2,1H3,(H,29,31). The molecule has 3 aromatic carbocycles. The Balaban J connectivity index is 1.39. The molecule has 0 saturated heterocycles. The van der Waals surface area contributed by atoms with Crippen molar-refractivity contribution in [1.29, 1.82) is 0 Å². The van der Waals surface area contributed by atoms with Crippen molar-refractivity contribution in [2.24, 2.45) is 0 Å². The molecule has 1 unspecified atom stereocenters. The summed E-state index contributed by atoms with van der Waals surface area (Å²) < 4.78 is 5.79. The van der Waals surface area contributed by atoms with Gasteiger partial charge in [-0.2, -0.15) is 0 Å². The summed E-state index contributed by atoms with van der Waals surface area (Å²) >= 11 is 6.34. The number of aromatic amines is 1. The maximum Gasteiger partial charge on any atom is 0.268 e. The lowest BCUT2D eigenvalue weighted by molar-refractivity contribution is -0.125. The molecule has 0 radical (unpaired) electrons. The SMILES string of the molecule is CC1Oc2ccc(NC(=O)Cc3c[nH]c4ccccc34)cc2N(Cc2ccccc2Cl)C1=O. The highest BCUT2D eigenvalue weighted by Crippen LogP contribution is 2.38. The fourth-order valence-corrected chi connectivity index (χ4v) is 4.30. The molecule has 1 aliphatic rings. The second-order valence-corrected chi connectivity index (χ2v) is 8.45. The molecule has 2 heterocycles. The zero-order chi connectivity index (χ0) is 22.9. The predicted molar refractivity (Wildman–Crippen MR) is 130 cm³/mol. The minimum Gasteiger partial charge on any atom is -0.479 e. The van der Waals surface area contributed by atoms with Crippen LogP contribution >= 0.6 is 11.6 Å². The summed E-state index contributed by atoms with van der Waals surface area (Å²) in [4.78, 5) is 30.6. The van der Waals surface area contributed by atoms with E-state index in [0.717, 1.165) is 22.0 Å². The Morgan fingerprint density at radius 2 is 1.88 bits per heavy atom. The van der Waals surface area contributed by atoms with Crippen molar-refractivity contribution in [3.63, 3.8) is 0 Å². The van der Waals surface area contributed by atoms with Gasteiger partial charge in [-0.05, 0) is 48.4 Å². The van der Waals surface area contributed by atoms with E-state index in [-0.39, 0.29) is 18.2 Å². The topological polar surface area (TPSA) is 74.4 Å². The number of anilines is 2. The molecule has 2 N–H and O–H groups in total. The minimum absolute atomic E-state index is 0.145. The van der Waals surface area contributed by atoms with Crippen LogP contribution in [0.1, 0.15) is 18.1 Å². The molecule has 33 heavy (non-hydrogen) atoms. The number of rotatable bonds is 5. The van der Waals surface area contributed by atoms with Crippen LogP contribution < -0.4 is 15.0 Å². The van der Waals surface area contributed by atoms with Gasteiger partial charge in [-0.3, -0.25) is 9.59 Å². The maximum atomic E-state index is 12.9. The van der Waals surface area contributed by atoms with Gasteiger partial charge in [0.25, 0.3) is 5.91 Å². The van der Waals surface area contributed by atoms with E-state index in [9.17, 15) is 9.59 Å². The third-order valence-electron chi connectivity index (χ3n) is 5.76. The van der Waals surface area contributed by atoms with Crippen LogP contribution in [0.2, 0.25) is 5.02 Å². The molecule has 1 atom stereocenters. The molecule has 0 saturated carbocycles. The number of para-hydroxylation sites is 1. The fraction of sp³-hybridized carbons (Fsp3) is 0.154. The number of benzene rings is 3. The fourth-order valence-electron chi connectivity index (χ4n) is 4.10. The molecular formula is C26H22ClN3O3. The van der Waals surface area contributed by atoms with E-state index in [1.165, 1.54) is 0 Å². The zero-order valence-electron chi connectivity index (χ0n) is 18.0. The van der Waals surface area contributed by atoms with E-state index in [0.29, 0.717) is 28.7 Å². The van der Waals surface area contributed by atoms with Gasteiger partial charge in [-0.15, -0.1) is 0 Å². The van der Waals surface area contributed by atoms with Crippen molar-refractivity contribution in [3.05, 3.63) is 89.1 Å². The van der Waals surface area contributed by atoms with E-state index >= 15 is 0 Å². The number of carbonyl (C=O) groups excluding carboxylic acids is 2. The van der Waals surface area contributed by atoms with Crippen LogP contribution in [0.4, 0.5) is 11.4 Å². The number of nitrogens with zero attached hydrogens (tertiary/aromatic N) is 1. The number of ether oxygens (including phenoxy) is 1. The molecule has 0 bridgehead atoms. The van der Waals surface area contributed by atoms with Crippen LogP contribution in [0.5, 0.6) is 5.75 Å².